The van der Waals surface area contributed by atoms with Gasteiger partial charge in [0.15, 0.2) is 5.58 Å². The zero-order valence-corrected chi connectivity index (χ0v) is 16.5. The molecule has 0 fully saturated rings. The summed E-state index contributed by atoms with van der Waals surface area (Å²) in [5.74, 6) is 0.991. The van der Waals surface area contributed by atoms with Crippen molar-refractivity contribution in [2.45, 2.75) is 20.3 Å². The van der Waals surface area contributed by atoms with Gasteiger partial charge in [-0.15, -0.1) is 0 Å². The monoisotopic (exact) mass is 387 g/mol. The van der Waals surface area contributed by atoms with Crippen molar-refractivity contribution in [1.29, 1.82) is 0 Å². The molecule has 0 saturated heterocycles. The number of nitrogens with zero attached hydrogens (tertiary/aromatic N) is 1. The molecule has 2 N–H and O–H groups in total. The molecule has 2 aromatic heterocycles. The second kappa shape index (κ2) is 10.2. The highest BCUT2D eigenvalue weighted by atomic mass is 16.5. The molecule has 0 saturated carbocycles. The number of methoxy groups -OCH3 is 2. The second-order valence-corrected chi connectivity index (χ2v) is 5.94. The highest BCUT2D eigenvalue weighted by Gasteiger charge is 2.06. The summed E-state index contributed by atoms with van der Waals surface area (Å²) in [5, 5.41) is 3.02. The van der Waals surface area contributed by atoms with E-state index in [0.29, 0.717) is 35.2 Å². The Labute approximate surface area is 162 Å². The molecular weight excluding hydrogens is 362 g/mol. The fourth-order valence-corrected chi connectivity index (χ4v) is 2.21. The van der Waals surface area contributed by atoms with Crippen molar-refractivity contribution in [2.75, 3.05) is 26.1 Å². The minimum atomic E-state index is -0.482. The van der Waals surface area contributed by atoms with Crippen molar-refractivity contribution >= 4 is 28.9 Å². The lowest BCUT2D eigenvalue weighted by atomic mass is 10.3. The number of aromatic nitrogens is 2. The fraction of sp³-hybridized carbons (Fsp3) is 0.300. The molecule has 0 aliphatic carbocycles. The molecule has 0 bridgehead atoms. The van der Waals surface area contributed by atoms with Crippen LogP contribution in [0.2, 0.25) is 0 Å². The molecule has 0 radical (unpaired) electrons. The minimum Gasteiger partial charge on any atom is -0.502 e. The van der Waals surface area contributed by atoms with Crippen LogP contribution in [0.5, 0.6) is 0 Å². The van der Waals surface area contributed by atoms with E-state index in [-0.39, 0.29) is 0 Å². The summed E-state index contributed by atoms with van der Waals surface area (Å²) in [4.78, 5) is 17.9. The van der Waals surface area contributed by atoms with Crippen LogP contribution in [0, 0.1) is 0 Å². The van der Waals surface area contributed by atoms with Crippen molar-refractivity contribution in [3.63, 3.8) is 0 Å². The molecule has 28 heavy (non-hydrogen) atoms. The number of allylic oxidation sites excluding steroid dienone is 1. The summed E-state index contributed by atoms with van der Waals surface area (Å²) in [5.41, 5.74) is 2.85. The van der Waals surface area contributed by atoms with E-state index in [1.807, 2.05) is 19.9 Å². The summed E-state index contributed by atoms with van der Waals surface area (Å²) >= 11 is 0. The first-order valence-corrected chi connectivity index (χ1v) is 8.68. The minimum absolute atomic E-state index is 0.355. The summed E-state index contributed by atoms with van der Waals surface area (Å²) in [7, 11) is 3.27. The first-order chi connectivity index (χ1) is 13.4. The standard InChI is InChI=1S/C15H15N3O4.C5H10O/c1-9(8-20-2)5-11-7-16-14(21-11)17-10-3-4-12-13(6-10)22-15(19)18-12;1-4-5(2)6-3/h3-7H,8H2,1-2H3,(H,16,17)(H,18,19);2,4H2,1,3H3/b9-5-;. The molecule has 3 rings (SSSR count). The van der Waals surface area contributed by atoms with Crippen molar-refractivity contribution < 1.29 is 18.3 Å². The van der Waals surface area contributed by atoms with E-state index < -0.39 is 5.76 Å². The van der Waals surface area contributed by atoms with Crippen LogP contribution in [0.1, 0.15) is 26.0 Å². The molecule has 3 aromatic rings. The number of aromatic amines is 1. The predicted molar refractivity (Wildman–Crippen MR) is 109 cm³/mol. The largest absolute Gasteiger partial charge is 0.502 e. The number of ether oxygens (including phenoxy) is 2. The number of oxazole rings is 2. The number of hydrogen-bond donors (Lipinski definition) is 2. The molecule has 0 spiro atoms. The number of hydrogen-bond acceptors (Lipinski definition) is 7. The third-order valence-electron chi connectivity index (χ3n) is 3.64. The Morgan fingerprint density at radius 2 is 2.14 bits per heavy atom. The van der Waals surface area contributed by atoms with Gasteiger partial charge < -0.3 is 23.6 Å². The summed E-state index contributed by atoms with van der Waals surface area (Å²) in [6.07, 6.45) is 4.39. The van der Waals surface area contributed by atoms with Gasteiger partial charge >= 0.3 is 5.76 Å². The van der Waals surface area contributed by atoms with Gasteiger partial charge in [0.25, 0.3) is 6.01 Å². The van der Waals surface area contributed by atoms with Crippen LogP contribution in [0.3, 0.4) is 0 Å². The molecule has 0 aliphatic heterocycles. The van der Waals surface area contributed by atoms with Crippen molar-refractivity contribution in [3.05, 3.63) is 58.6 Å². The van der Waals surface area contributed by atoms with Crippen LogP contribution >= 0.6 is 0 Å². The molecule has 8 heteroatoms. The Bertz CT molecular complexity index is 991. The molecule has 1 aromatic carbocycles. The lowest BCUT2D eigenvalue weighted by Gasteiger charge is -2.00. The van der Waals surface area contributed by atoms with Crippen LogP contribution in [-0.4, -0.2) is 30.8 Å². The van der Waals surface area contributed by atoms with E-state index in [9.17, 15) is 4.79 Å². The number of anilines is 2. The highest BCUT2D eigenvalue weighted by Crippen LogP contribution is 2.21. The van der Waals surface area contributed by atoms with Crippen molar-refractivity contribution in [1.82, 2.24) is 9.97 Å². The van der Waals surface area contributed by atoms with Gasteiger partial charge in [-0.1, -0.05) is 13.5 Å². The Hall–Kier alpha value is -3.26. The third kappa shape index (κ3) is 6.17. The molecule has 0 unspecified atom stereocenters. The van der Waals surface area contributed by atoms with Gasteiger partial charge in [-0.2, -0.15) is 0 Å². The van der Waals surface area contributed by atoms with E-state index in [1.54, 1.807) is 38.6 Å². The van der Waals surface area contributed by atoms with Crippen LogP contribution in [0.4, 0.5) is 11.7 Å². The second-order valence-electron chi connectivity index (χ2n) is 5.94. The number of nitrogens with one attached hydrogen (secondary N) is 2. The Morgan fingerprint density at radius 1 is 1.36 bits per heavy atom. The molecular formula is C20H25N3O5. The Morgan fingerprint density at radius 3 is 2.79 bits per heavy atom. The van der Waals surface area contributed by atoms with Gasteiger partial charge in [-0.3, -0.25) is 4.98 Å². The molecule has 150 valence electrons. The van der Waals surface area contributed by atoms with Gasteiger partial charge in [0.2, 0.25) is 0 Å². The maximum Gasteiger partial charge on any atom is 0.417 e. The van der Waals surface area contributed by atoms with Crippen molar-refractivity contribution in [2.24, 2.45) is 0 Å². The van der Waals surface area contributed by atoms with Gasteiger partial charge in [0.1, 0.15) is 5.76 Å². The quantitative estimate of drug-likeness (QED) is 0.577. The Kier molecular flexibility index (Phi) is 7.65. The first-order valence-electron chi connectivity index (χ1n) is 8.68. The first kappa shape index (κ1) is 21.0. The smallest absolute Gasteiger partial charge is 0.417 e. The lowest BCUT2D eigenvalue weighted by Crippen LogP contribution is -1.92. The highest BCUT2D eigenvalue weighted by molar-refractivity contribution is 5.77. The normalized spacial score (nSPS) is 11.1. The summed E-state index contributed by atoms with van der Waals surface area (Å²) in [6.45, 7) is 8.06. The van der Waals surface area contributed by atoms with Crippen LogP contribution < -0.4 is 11.1 Å². The third-order valence-corrected chi connectivity index (χ3v) is 3.64. The molecule has 0 amide bonds. The van der Waals surface area contributed by atoms with Gasteiger partial charge in [0, 0.05) is 25.3 Å². The summed E-state index contributed by atoms with van der Waals surface area (Å²) < 4.78 is 20.3. The SMILES string of the molecule is C=C(CC)OC.COC/C(C)=C\c1cnc(Nc2ccc3[nH]c(=O)oc3c2)o1. The average Bonchev–Trinajstić information content (AvgIpc) is 3.26. The van der Waals surface area contributed by atoms with Crippen LogP contribution in [0.25, 0.3) is 17.2 Å². The average molecular weight is 387 g/mol. The lowest BCUT2D eigenvalue weighted by molar-refractivity contribution is 0.226. The van der Waals surface area contributed by atoms with Crippen LogP contribution in [-0.2, 0) is 9.47 Å². The Balaban J connectivity index is 0.000000409. The van der Waals surface area contributed by atoms with Gasteiger partial charge in [-0.25, -0.2) is 9.78 Å². The van der Waals surface area contributed by atoms with E-state index in [0.717, 1.165) is 17.8 Å². The number of H-pyrrole nitrogens is 1. The number of fused-ring (bicyclic) bond motifs is 1. The molecule has 2 heterocycles. The summed E-state index contributed by atoms with van der Waals surface area (Å²) in [6, 6.07) is 5.59. The number of benzene rings is 1. The number of rotatable bonds is 7. The van der Waals surface area contributed by atoms with Crippen LogP contribution in [0.15, 0.2) is 55.9 Å². The maximum absolute atomic E-state index is 11.1. The molecule has 0 atom stereocenters. The topological polar surface area (TPSA) is 103 Å². The fourth-order valence-electron chi connectivity index (χ4n) is 2.21. The molecule has 8 nitrogen and oxygen atoms in total. The maximum atomic E-state index is 11.1. The molecule has 0 aliphatic rings. The van der Waals surface area contributed by atoms with Crippen molar-refractivity contribution in [3.8, 4) is 0 Å². The predicted octanol–water partition coefficient (Wildman–Crippen LogP) is 4.46. The van der Waals surface area contributed by atoms with E-state index in [2.05, 4.69) is 21.9 Å². The zero-order valence-electron chi connectivity index (χ0n) is 16.5. The van der Waals surface area contributed by atoms with E-state index in [4.69, 9.17) is 18.3 Å². The van der Waals surface area contributed by atoms with Gasteiger partial charge in [0.05, 0.1) is 31.2 Å². The zero-order chi connectivity index (χ0) is 20.5. The van der Waals surface area contributed by atoms with E-state index in [1.165, 1.54) is 0 Å². The van der Waals surface area contributed by atoms with Gasteiger partial charge in [-0.05, 0) is 30.7 Å². The van der Waals surface area contributed by atoms with E-state index >= 15 is 0 Å².